The molecule has 9 heteroatoms. The maximum absolute atomic E-state index is 12.3. The number of carboxylic acid groups (broad SMARTS) is 1. The van der Waals surface area contributed by atoms with Gasteiger partial charge in [-0.05, 0) is 11.6 Å². The molecule has 25 heavy (non-hydrogen) atoms. The Morgan fingerprint density at radius 1 is 1.24 bits per heavy atom. The number of rotatable bonds is 8. The van der Waals surface area contributed by atoms with Gasteiger partial charge in [0, 0.05) is 29.3 Å². The van der Waals surface area contributed by atoms with Crippen molar-refractivity contribution in [1.29, 1.82) is 0 Å². The third kappa shape index (κ3) is 4.97. The fourth-order valence-electron chi connectivity index (χ4n) is 2.38. The molecule has 0 saturated carbocycles. The normalized spacial score (nSPS) is 13.2. The van der Waals surface area contributed by atoms with E-state index in [-0.39, 0.29) is 12.2 Å². The summed E-state index contributed by atoms with van der Waals surface area (Å²) in [7, 11) is 0. The van der Waals surface area contributed by atoms with Crippen molar-refractivity contribution in [2.45, 2.75) is 18.5 Å². The number of aromatic nitrogens is 1. The number of nitrogens with two attached hydrogens (primary N) is 1. The van der Waals surface area contributed by atoms with Crippen molar-refractivity contribution in [3.63, 3.8) is 0 Å². The van der Waals surface area contributed by atoms with Crippen LogP contribution in [0.5, 0.6) is 0 Å². The molecule has 2 aromatic rings. The number of H-pyrrole nitrogens is 1. The third-order valence-electron chi connectivity index (χ3n) is 3.68. The minimum absolute atomic E-state index is 0.127. The van der Waals surface area contributed by atoms with Crippen LogP contribution in [0, 0.1) is 0 Å². The second-order valence-electron chi connectivity index (χ2n) is 5.53. The van der Waals surface area contributed by atoms with Crippen LogP contribution in [0.15, 0.2) is 30.5 Å². The summed E-state index contributed by atoms with van der Waals surface area (Å²) in [6.07, 6.45) is 1.95. The zero-order valence-corrected chi connectivity index (χ0v) is 14.3. The van der Waals surface area contributed by atoms with E-state index in [9.17, 15) is 14.4 Å². The standard InChI is InChI=1S/C16H20N4O4S/c17-11(8-25)15(23)20-13(16(24)19-7-14(21)22)5-9-6-18-12-4-2-1-3-10(9)12/h1-4,6,11,13,18,25H,5,7-8,17H2,(H,19,24)(H,20,23)(H,21,22)/t11-,13-/m0/s1. The highest BCUT2D eigenvalue weighted by Crippen LogP contribution is 2.19. The number of fused-ring (bicyclic) bond motifs is 1. The zero-order chi connectivity index (χ0) is 18.4. The van der Waals surface area contributed by atoms with Gasteiger partial charge in [-0.1, -0.05) is 18.2 Å². The Bertz CT molecular complexity index is 776. The van der Waals surface area contributed by atoms with E-state index in [2.05, 4.69) is 28.2 Å². The van der Waals surface area contributed by atoms with Gasteiger partial charge in [-0.15, -0.1) is 0 Å². The lowest BCUT2D eigenvalue weighted by atomic mass is 10.0. The number of aliphatic carboxylic acids is 1. The molecule has 6 N–H and O–H groups in total. The van der Waals surface area contributed by atoms with Gasteiger partial charge in [-0.3, -0.25) is 14.4 Å². The number of hydrogen-bond donors (Lipinski definition) is 6. The monoisotopic (exact) mass is 364 g/mol. The number of thiol groups is 1. The zero-order valence-electron chi connectivity index (χ0n) is 13.4. The van der Waals surface area contributed by atoms with Crippen molar-refractivity contribution >= 4 is 41.3 Å². The molecule has 0 bridgehead atoms. The molecule has 2 atom stereocenters. The first-order chi connectivity index (χ1) is 11.9. The predicted molar refractivity (Wildman–Crippen MR) is 96.4 cm³/mol. The van der Waals surface area contributed by atoms with Gasteiger partial charge in [0.25, 0.3) is 0 Å². The topological polar surface area (TPSA) is 137 Å². The first-order valence-electron chi connectivity index (χ1n) is 7.63. The second kappa shape index (κ2) is 8.54. The van der Waals surface area contributed by atoms with Crippen LogP contribution in [0.3, 0.4) is 0 Å². The average Bonchev–Trinajstić information content (AvgIpc) is 3.01. The molecular weight excluding hydrogens is 344 g/mol. The first-order valence-corrected chi connectivity index (χ1v) is 8.27. The van der Waals surface area contributed by atoms with Crippen molar-refractivity contribution in [2.75, 3.05) is 12.3 Å². The SMILES string of the molecule is N[C@@H](CS)C(=O)N[C@@H](Cc1c[nH]c2ccccc12)C(=O)NCC(=O)O. The van der Waals surface area contributed by atoms with Gasteiger partial charge >= 0.3 is 5.97 Å². The van der Waals surface area contributed by atoms with Crippen LogP contribution in [0.25, 0.3) is 10.9 Å². The van der Waals surface area contributed by atoms with E-state index in [1.165, 1.54) is 0 Å². The Morgan fingerprint density at radius 2 is 1.96 bits per heavy atom. The Morgan fingerprint density at radius 3 is 2.64 bits per heavy atom. The molecule has 0 saturated heterocycles. The van der Waals surface area contributed by atoms with E-state index in [4.69, 9.17) is 10.8 Å². The van der Waals surface area contributed by atoms with E-state index in [0.717, 1.165) is 16.5 Å². The number of benzene rings is 1. The van der Waals surface area contributed by atoms with Gasteiger partial charge < -0.3 is 26.5 Å². The van der Waals surface area contributed by atoms with Gasteiger partial charge in [-0.2, -0.15) is 12.6 Å². The molecule has 1 aromatic heterocycles. The van der Waals surface area contributed by atoms with Crippen LogP contribution < -0.4 is 16.4 Å². The molecule has 1 aromatic carbocycles. The predicted octanol–water partition coefficient (Wildman–Crippen LogP) is -0.347. The molecule has 0 aliphatic heterocycles. The lowest BCUT2D eigenvalue weighted by Gasteiger charge is -2.19. The average molecular weight is 364 g/mol. The van der Waals surface area contributed by atoms with E-state index < -0.39 is 36.4 Å². The molecular formula is C16H20N4O4S. The van der Waals surface area contributed by atoms with Crippen molar-refractivity contribution in [2.24, 2.45) is 5.73 Å². The number of carboxylic acids is 1. The van der Waals surface area contributed by atoms with Crippen molar-refractivity contribution < 1.29 is 19.5 Å². The van der Waals surface area contributed by atoms with Crippen LogP contribution in [0.1, 0.15) is 5.56 Å². The van der Waals surface area contributed by atoms with Crippen molar-refractivity contribution in [3.8, 4) is 0 Å². The highest BCUT2D eigenvalue weighted by molar-refractivity contribution is 7.80. The quantitative estimate of drug-likeness (QED) is 0.356. The van der Waals surface area contributed by atoms with Crippen molar-refractivity contribution in [1.82, 2.24) is 15.6 Å². The van der Waals surface area contributed by atoms with E-state index >= 15 is 0 Å². The van der Waals surface area contributed by atoms with Crippen LogP contribution in [0.4, 0.5) is 0 Å². The number of aromatic amines is 1. The summed E-state index contributed by atoms with van der Waals surface area (Å²) in [5, 5.41) is 14.5. The van der Waals surface area contributed by atoms with Crippen LogP contribution in [0.2, 0.25) is 0 Å². The number of carbonyl (C=O) groups excluding carboxylic acids is 2. The minimum atomic E-state index is -1.17. The molecule has 0 radical (unpaired) electrons. The molecule has 2 rings (SSSR count). The van der Waals surface area contributed by atoms with Gasteiger partial charge in [0.2, 0.25) is 11.8 Å². The second-order valence-corrected chi connectivity index (χ2v) is 5.89. The molecule has 0 unspecified atom stereocenters. The highest BCUT2D eigenvalue weighted by Gasteiger charge is 2.25. The number of hydrogen-bond acceptors (Lipinski definition) is 5. The summed E-state index contributed by atoms with van der Waals surface area (Å²) < 4.78 is 0. The Balaban J connectivity index is 2.19. The highest BCUT2D eigenvalue weighted by atomic mass is 32.1. The van der Waals surface area contributed by atoms with Crippen LogP contribution >= 0.6 is 12.6 Å². The summed E-state index contributed by atoms with van der Waals surface area (Å²) in [4.78, 5) is 38.1. The number of carbonyl (C=O) groups is 3. The lowest BCUT2D eigenvalue weighted by molar-refractivity contribution is -0.138. The van der Waals surface area contributed by atoms with Gasteiger partial charge in [0.05, 0.1) is 6.04 Å². The maximum atomic E-state index is 12.3. The fourth-order valence-corrected chi connectivity index (χ4v) is 2.54. The maximum Gasteiger partial charge on any atom is 0.322 e. The smallest absolute Gasteiger partial charge is 0.322 e. The fraction of sp³-hybridized carbons (Fsp3) is 0.312. The molecule has 0 spiro atoms. The molecule has 1 heterocycles. The molecule has 0 aliphatic rings. The lowest BCUT2D eigenvalue weighted by Crippen LogP contribution is -2.53. The summed E-state index contributed by atoms with van der Waals surface area (Å²) in [5.41, 5.74) is 7.36. The summed E-state index contributed by atoms with van der Waals surface area (Å²) in [6, 6.07) is 5.74. The first kappa shape index (κ1) is 18.8. The molecule has 134 valence electrons. The summed E-state index contributed by atoms with van der Waals surface area (Å²) in [5.74, 6) is -2.15. The molecule has 2 amide bonds. The Labute approximate surface area is 149 Å². The molecule has 0 aliphatic carbocycles. The molecule has 8 nitrogen and oxygen atoms in total. The van der Waals surface area contributed by atoms with E-state index in [1.54, 1.807) is 6.20 Å². The van der Waals surface area contributed by atoms with Gasteiger partial charge in [-0.25, -0.2) is 0 Å². The number of para-hydroxylation sites is 1. The summed E-state index contributed by atoms with van der Waals surface area (Å²) in [6.45, 7) is -0.530. The Kier molecular flexibility index (Phi) is 6.43. The molecule has 0 fully saturated rings. The van der Waals surface area contributed by atoms with E-state index in [1.807, 2.05) is 24.3 Å². The minimum Gasteiger partial charge on any atom is -0.480 e. The van der Waals surface area contributed by atoms with Crippen LogP contribution in [-0.2, 0) is 20.8 Å². The van der Waals surface area contributed by atoms with Crippen molar-refractivity contribution in [3.05, 3.63) is 36.0 Å². The van der Waals surface area contributed by atoms with E-state index in [0.29, 0.717) is 0 Å². The number of nitrogens with one attached hydrogen (secondary N) is 3. The Hall–Kier alpha value is -2.52. The van der Waals surface area contributed by atoms with Gasteiger partial charge in [0.15, 0.2) is 0 Å². The summed E-state index contributed by atoms with van der Waals surface area (Å²) >= 11 is 3.97. The number of amides is 2. The third-order valence-corrected chi connectivity index (χ3v) is 4.07. The van der Waals surface area contributed by atoms with Gasteiger partial charge in [0.1, 0.15) is 12.6 Å². The van der Waals surface area contributed by atoms with Crippen LogP contribution in [-0.4, -0.2) is 52.3 Å². The largest absolute Gasteiger partial charge is 0.480 e.